The van der Waals surface area contributed by atoms with Gasteiger partial charge in [-0.25, -0.2) is 0 Å². The van der Waals surface area contributed by atoms with Gasteiger partial charge < -0.3 is 4.42 Å². The van der Waals surface area contributed by atoms with Crippen LogP contribution in [0.3, 0.4) is 0 Å². The molecule has 1 fully saturated rings. The Labute approximate surface area is 159 Å². The van der Waals surface area contributed by atoms with Crippen molar-refractivity contribution in [2.24, 2.45) is 0 Å². The van der Waals surface area contributed by atoms with Gasteiger partial charge in [0.05, 0.1) is 17.4 Å². The maximum Gasteiger partial charge on any atom is 0.262 e. The first-order chi connectivity index (χ1) is 13.5. The molecule has 0 saturated carbocycles. The predicted octanol–water partition coefficient (Wildman–Crippen LogP) is 1.50. The molecule has 0 radical (unpaired) electrons. The third-order valence-electron chi connectivity index (χ3n) is 4.94. The first-order valence-electron chi connectivity index (χ1n) is 8.87. The Bertz CT molecular complexity index is 1010. The molecule has 1 unspecified atom stereocenters. The number of rotatable bonds is 5. The summed E-state index contributed by atoms with van der Waals surface area (Å²) < 4.78 is 5.07. The number of piperidine rings is 1. The average Bonchev–Trinajstić information content (AvgIpc) is 3.29. The Morgan fingerprint density at radius 3 is 2.61 bits per heavy atom. The highest BCUT2D eigenvalue weighted by Crippen LogP contribution is 2.28. The second-order valence-electron chi connectivity index (χ2n) is 6.73. The monoisotopic (exact) mass is 380 g/mol. The number of fused-ring (bicyclic) bond motifs is 1. The molecule has 1 aromatic carbocycles. The molecule has 4 amide bonds. The molecule has 0 bridgehead atoms. The minimum atomic E-state index is -0.992. The topological polar surface area (TPSA) is 114 Å². The number of amides is 4. The Morgan fingerprint density at radius 2 is 1.89 bits per heavy atom. The number of ketones is 1. The number of furan rings is 1. The Morgan fingerprint density at radius 1 is 1.11 bits per heavy atom. The lowest BCUT2D eigenvalue weighted by molar-refractivity contribution is -0.136. The molecule has 4 rings (SSSR count). The van der Waals surface area contributed by atoms with Crippen LogP contribution in [0.15, 0.2) is 41.0 Å². The van der Waals surface area contributed by atoms with Crippen molar-refractivity contribution in [3.05, 3.63) is 59.0 Å². The summed E-state index contributed by atoms with van der Waals surface area (Å²) in [6, 6.07) is 7.04. The van der Waals surface area contributed by atoms with Crippen molar-refractivity contribution in [1.82, 2.24) is 10.2 Å². The zero-order chi connectivity index (χ0) is 19.8. The van der Waals surface area contributed by atoms with E-state index in [1.807, 2.05) is 0 Å². The van der Waals surface area contributed by atoms with Crippen molar-refractivity contribution in [2.75, 3.05) is 0 Å². The lowest BCUT2D eigenvalue weighted by atomic mass is 10.0. The van der Waals surface area contributed by atoms with E-state index in [1.165, 1.54) is 12.3 Å². The number of Topliss-reactive ketones (excluding diaryl/α,β-unsaturated/α-hetero) is 1. The summed E-state index contributed by atoms with van der Waals surface area (Å²) in [5, 5.41) is 2.16. The lowest BCUT2D eigenvalue weighted by Gasteiger charge is -2.27. The van der Waals surface area contributed by atoms with E-state index in [4.69, 9.17) is 4.42 Å². The van der Waals surface area contributed by atoms with Crippen LogP contribution < -0.4 is 5.32 Å². The molecule has 1 saturated heterocycles. The van der Waals surface area contributed by atoms with Crippen LogP contribution in [-0.2, 0) is 16.0 Å². The molecule has 8 nitrogen and oxygen atoms in total. The van der Waals surface area contributed by atoms with Gasteiger partial charge in [-0.15, -0.1) is 0 Å². The fourth-order valence-electron chi connectivity index (χ4n) is 3.49. The number of nitrogens with zero attached hydrogens (tertiary/aromatic N) is 1. The molecular formula is C20H16N2O6. The third-order valence-corrected chi connectivity index (χ3v) is 4.94. The van der Waals surface area contributed by atoms with Crippen molar-refractivity contribution < 1.29 is 28.4 Å². The van der Waals surface area contributed by atoms with E-state index in [9.17, 15) is 24.0 Å². The molecule has 3 heterocycles. The minimum Gasteiger partial charge on any atom is -0.461 e. The van der Waals surface area contributed by atoms with E-state index in [-0.39, 0.29) is 41.9 Å². The highest BCUT2D eigenvalue weighted by Gasteiger charge is 2.44. The van der Waals surface area contributed by atoms with Crippen LogP contribution in [0.1, 0.15) is 56.1 Å². The molecule has 0 spiro atoms. The lowest BCUT2D eigenvalue weighted by Crippen LogP contribution is -2.54. The minimum absolute atomic E-state index is 0.0734. The fourth-order valence-corrected chi connectivity index (χ4v) is 3.49. The standard InChI is InChI=1S/C20H16N2O6/c23-15(16-2-1-9-28-16)7-4-11-3-5-12-13(10-11)20(27)22(19(12)26)14-6-8-17(24)21-18(14)25/h1-3,5,9-10,14H,4,6-8H2,(H,21,24,25). The largest absolute Gasteiger partial charge is 0.461 e. The van der Waals surface area contributed by atoms with Crippen molar-refractivity contribution >= 4 is 29.4 Å². The van der Waals surface area contributed by atoms with E-state index >= 15 is 0 Å². The van der Waals surface area contributed by atoms with Crippen LogP contribution in [-0.4, -0.2) is 40.4 Å². The zero-order valence-electron chi connectivity index (χ0n) is 14.8. The van der Waals surface area contributed by atoms with Gasteiger partial charge in [-0.2, -0.15) is 0 Å². The van der Waals surface area contributed by atoms with Gasteiger partial charge in [0.1, 0.15) is 6.04 Å². The van der Waals surface area contributed by atoms with Crippen molar-refractivity contribution in [2.45, 2.75) is 31.7 Å². The summed E-state index contributed by atoms with van der Waals surface area (Å²) in [6.07, 6.45) is 2.19. The number of aryl methyl sites for hydroxylation is 1. The summed E-state index contributed by atoms with van der Waals surface area (Å²) in [5.41, 5.74) is 1.15. The number of benzene rings is 1. The Hall–Kier alpha value is -3.55. The summed E-state index contributed by atoms with van der Waals surface area (Å²) in [6.45, 7) is 0. The van der Waals surface area contributed by atoms with E-state index < -0.39 is 29.7 Å². The van der Waals surface area contributed by atoms with Crippen molar-refractivity contribution in [1.29, 1.82) is 0 Å². The summed E-state index contributed by atoms with van der Waals surface area (Å²) in [4.78, 5) is 61.8. The van der Waals surface area contributed by atoms with Crippen LogP contribution in [0.5, 0.6) is 0 Å². The highest BCUT2D eigenvalue weighted by molar-refractivity contribution is 6.23. The normalized spacial score (nSPS) is 19.0. The smallest absolute Gasteiger partial charge is 0.262 e. The highest BCUT2D eigenvalue weighted by atomic mass is 16.3. The summed E-state index contributed by atoms with van der Waals surface area (Å²) >= 11 is 0. The molecule has 2 aromatic rings. The van der Waals surface area contributed by atoms with Crippen LogP contribution in [0, 0.1) is 0 Å². The Kier molecular flexibility index (Phi) is 4.38. The van der Waals surface area contributed by atoms with Gasteiger partial charge in [0.25, 0.3) is 11.8 Å². The maximum absolute atomic E-state index is 12.8. The van der Waals surface area contributed by atoms with Crippen LogP contribution in [0.4, 0.5) is 0 Å². The second kappa shape index (κ2) is 6.88. The summed E-state index contributed by atoms with van der Waals surface area (Å²) in [5.74, 6) is -2.05. The van der Waals surface area contributed by atoms with Gasteiger partial charge in [-0.3, -0.25) is 34.2 Å². The van der Waals surface area contributed by atoms with E-state index in [0.29, 0.717) is 6.42 Å². The molecule has 28 heavy (non-hydrogen) atoms. The van der Waals surface area contributed by atoms with E-state index in [2.05, 4.69) is 5.32 Å². The van der Waals surface area contributed by atoms with Gasteiger partial charge in [-0.1, -0.05) is 6.07 Å². The van der Waals surface area contributed by atoms with Crippen LogP contribution in [0.2, 0.25) is 0 Å². The number of imide groups is 2. The van der Waals surface area contributed by atoms with Crippen LogP contribution in [0.25, 0.3) is 0 Å². The number of carbonyl (C=O) groups is 5. The molecule has 8 heteroatoms. The number of hydrogen-bond donors (Lipinski definition) is 1. The Balaban J connectivity index is 1.51. The zero-order valence-corrected chi connectivity index (χ0v) is 14.8. The number of nitrogens with one attached hydrogen (secondary N) is 1. The predicted molar refractivity (Wildman–Crippen MR) is 94.5 cm³/mol. The first kappa shape index (κ1) is 17.8. The molecular weight excluding hydrogens is 364 g/mol. The van der Waals surface area contributed by atoms with Gasteiger partial charge >= 0.3 is 0 Å². The molecule has 2 aliphatic heterocycles. The van der Waals surface area contributed by atoms with Gasteiger partial charge in [0.15, 0.2) is 11.5 Å². The van der Waals surface area contributed by atoms with Gasteiger partial charge in [0.2, 0.25) is 11.8 Å². The van der Waals surface area contributed by atoms with Crippen molar-refractivity contribution in [3.8, 4) is 0 Å². The molecule has 2 aliphatic rings. The van der Waals surface area contributed by atoms with Gasteiger partial charge in [0, 0.05) is 12.8 Å². The molecule has 142 valence electrons. The third kappa shape index (κ3) is 3.02. The molecule has 1 atom stereocenters. The van der Waals surface area contributed by atoms with Gasteiger partial charge in [-0.05, 0) is 42.7 Å². The number of carbonyl (C=O) groups excluding carboxylic acids is 5. The first-order valence-corrected chi connectivity index (χ1v) is 8.87. The van der Waals surface area contributed by atoms with Crippen LogP contribution >= 0.6 is 0 Å². The van der Waals surface area contributed by atoms with Crippen molar-refractivity contribution in [3.63, 3.8) is 0 Å². The summed E-state index contributed by atoms with van der Waals surface area (Å²) in [7, 11) is 0. The van der Waals surface area contributed by atoms with E-state index in [1.54, 1.807) is 24.3 Å². The molecule has 1 aromatic heterocycles. The second-order valence-corrected chi connectivity index (χ2v) is 6.73. The average molecular weight is 380 g/mol. The molecule has 1 N–H and O–H groups in total. The maximum atomic E-state index is 12.8. The van der Waals surface area contributed by atoms with E-state index in [0.717, 1.165) is 10.5 Å². The SMILES string of the molecule is O=C1CCC(N2C(=O)c3ccc(CCC(=O)c4ccco4)cc3C2=O)C(=O)N1. The molecule has 0 aliphatic carbocycles. The number of hydrogen-bond acceptors (Lipinski definition) is 6. The fraction of sp³-hybridized carbons (Fsp3) is 0.250. The quantitative estimate of drug-likeness (QED) is 0.621.